The molecule has 0 amide bonds. The van der Waals surface area contributed by atoms with E-state index in [9.17, 15) is 4.79 Å². The van der Waals surface area contributed by atoms with E-state index < -0.39 is 5.97 Å². The Balaban J connectivity index is 1.59. The van der Waals surface area contributed by atoms with Gasteiger partial charge in [-0.25, -0.2) is 14.8 Å². The van der Waals surface area contributed by atoms with Crippen LogP contribution in [0.2, 0.25) is 0 Å². The Morgan fingerprint density at radius 1 is 1.05 bits per heavy atom. The van der Waals surface area contributed by atoms with E-state index in [1.807, 2.05) is 0 Å². The van der Waals surface area contributed by atoms with Gasteiger partial charge in [0, 0.05) is 12.4 Å². The number of rotatable bonds is 3. The molecular formula is C15H18N2O3. The van der Waals surface area contributed by atoms with E-state index >= 15 is 0 Å². The largest absolute Gasteiger partial charge is 0.476 e. The predicted molar refractivity (Wildman–Crippen MR) is 70.5 cm³/mol. The Kier molecular flexibility index (Phi) is 2.69. The lowest BCUT2D eigenvalue weighted by atomic mass is 9.55. The smallest absolute Gasteiger partial charge is 0.360 e. The first kappa shape index (κ1) is 12.1. The molecule has 0 spiro atoms. The zero-order valence-electron chi connectivity index (χ0n) is 11.2. The van der Waals surface area contributed by atoms with E-state index in [1.165, 1.54) is 44.5 Å². The van der Waals surface area contributed by atoms with Gasteiger partial charge in [0.1, 0.15) is 6.10 Å². The average molecular weight is 274 g/mol. The van der Waals surface area contributed by atoms with Crippen molar-refractivity contribution in [2.45, 2.75) is 38.2 Å². The van der Waals surface area contributed by atoms with Gasteiger partial charge in [0.05, 0.1) is 0 Å². The highest BCUT2D eigenvalue weighted by atomic mass is 16.5. The zero-order valence-corrected chi connectivity index (χ0v) is 11.2. The van der Waals surface area contributed by atoms with Gasteiger partial charge in [0.2, 0.25) is 11.6 Å². The first-order chi connectivity index (χ1) is 9.70. The highest BCUT2D eigenvalue weighted by Crippen LogP contribution is 2.54. The Hall–Kier alpha value is -1.65. The second-order valence-electron chi connectivity index (χ2n) is 6.53. The monoisotopic (exact) mass is 274 g/mol. The molecule has 20 heavy (non-hydrogen) atoms. The maximum Gasteiger partial charge on any atom is 0.360 e. The van der Waals surface area contributed by atoms with Crippen molar-refractivity contribution < 1.29 is 14.6 Å². The molecule has 0 aliphatic heterocycles. The molecule has 0 radical (unpaired) electrons. The minimum atomic E-state index is -1.07. The Labute approximate surface area is 117 Å². The van der Waals surface area contributed by atoms with E-state index in [1.54, 1.807) is 0 Å². The molecule has 4 bridgehead atoms. The molecule has 1 N–H and O–H groups in total. The molecule has 0 atom stereocenters. The van der Waals surface area contributed by atoms with Gasteiger partial charge in [-0.1, -0.05) is 0 Å². The maximum absolute atomic E-state index is 11.2. The van der Waals surface area contributed by atoms with Crippen molar-refractivity contribution in [3.63, 3.8) is 0 Å². The minimum Gasteiger partial charge on any atom is -0.476 e. The lowest BCUT2D eigenvalue weighted by Crippen LogP contribution is -2.50. The fourth-order valence-electron chi connectivity index (χ4n) is 4.75. The molecule has 5 heteroatoms. The third-order valence-corrected chi connectivity index (χ3v) is 5.26. The van der Waals surface area contributed by atoms with Crippen molar-refractivity contribution >= 4 is 5.97 Å². The molecule has 5 nitrogen and oxygen atoms in total. The van der Waals surface area contributed by atoms with E-state index in [0.29, 0.717) is 11.8 Å². The van der Waals surface area contributed by atoms with Gasteiger partial charge in [0.15, 0.2) is 0 Å². The second kappa shape index (κ2) is 4.43. The van der Waals surface area contributed by atoms with Gasteiger partial charge in [0.25, 0.3) is 0 Å². The summed E-state index contributed by atoms with van der Waals surface area (Å²) in [5, 5.41) is 9.16. The highest BCUT2D eigenvalue weighted by molar-refractivity contribution is 5.87. The van der Waals surface area contributed by atoms with E-state index in [2.05, 4.69) is 9.97 Å². The summed E-state index contributed by atoms with van der Waals surface area (Å²) in [6.07, 6.45) is 9.37. The molecule has 1 aromatic rings. The Morgan fingerprint density at radius 3 is 2.25 bits per heavy atom. The van der Waals surface area contributed by atoms with Crippen molar-refractivity contribution in [1.29, 1.82) is 0 Å². The average Bonchev–Trinajstić information content (AvgIpc) is 2.42. The molecule has 4 fully saturated rings. The van der Waals surface area contributed by atoms with Crippen LogP contribution in [0.25, 0.3) is 0 Å². The van der Waals surface area contributed by atoms with E-state index in [-0.39, 0.29) is 17.7 Å². The molecule has 4 saturated carbocycles. The van der Waals surface area contributed by atoms with Crippen molar-refractivity contribution in [3.05, 3.63) is 18.1 Å². The minimum absolute atomic E-state index is 0.0682. The van der Waals surface area contributed by atoms with Crippen molar-refractivity contribution in [2.75, 3.05) is 0 Å². The summed E-state index contributed by atoms with van der Waals surface area (Å²) in [5.41, 5.74) is -0.0682. The molecule has 106 valence electrons. The number of carboxylic acids is 1. The fourth-order valence-corrected chi connectivity index (χ4v) is 4.75. The summed E-state index contributed by atoms with van der Waals surface area (Å²) < 4.78 is 6.03. The number of ether oxygens (including phenoxy) is 1. The van der Waals surface area contributed by atoms with Crippen LogP contribution in [0.5, 0.6) is 5.88 Å². The molecule has 1 heterocycles. The van der Waals surface area contributed by atoms with Gasteiger partial charge in [-0.3, -0.25) is 0 Å². The molecular weight excluding hydrogens is 256 g/mol. The summed E-state index contributed by atoms with van der Waals surface area (Å²) >= 11 is 0. The van der Waals surface area contributed by atoms with Crippen LogP contribution in [0.1, 0.15) is 42.6 Å². The number of nitrogens with zero attached hydrogens (tertiary/aromatic N) is 2. The number of hydrogen-bond acceptors (Lipinski definition) is 4. The standard InChI is InChI=1S/C15H18N2O3/c18-15(19)12-14(17-2-1-16-12)20-13-10-4-8-3-9(6-10)7-11(13)5-8/h1-2,8-11,13H,3-7H2,(H,18,19). The van der Waals surface area contributed by atoms with Crippen LogP contribution < -0.4 is 4.74 Å². The number of aromatic nitrogens is 2. The van der Waals surface area contributed by atoms with Crippen molar-refractivity contribution in [1.82, 2.24) is 9.97 Å². The van der Waals surface area contributed by atoms with Crippen LogP contribution in [0, 0.1) is 23.7 Å². The number of carbonyl (C=O) groups is 1. The Bertz CT molecular complexity index is 518. The van der Waals surface area contributed by atoms with Crippen molar-refractivity contribution in [3.8, 4) is 5.88 Å². The number of carboxylic acid groups (broad SMARTS) is 1. The van der Waals surface area contributed by atoms with Crippen molar-refractivity contribution in [2.24, 2.45) is 23.7 Å². The van der Waals surface area contributed by atoms with Gasteiger partial charge in [-0.15, -0.1) is 0 Å². The lowest BCUT2D eigenvalue weighted by Gasteiger charge is -2.53. The molecule has 5 rings (SSSR count). The quantitative estimate of drug-likeness (QED) is 0.916. The molecule has 0 aromatic carbocycles. The van der Waals surface area contributed by atoms with Gasteiger partial charge in [-0.05, 0) is 55.8 Å². The lowest BCUT2D eigenvalue weighted by molar-refractivity contribution is -0.0809. The summed E-state index contributed by atoms with van der Waals surface area (Å²) in [6.45, 7) is 0. The van der Waals surface area contributed by atoms with Crippen LogP contribution in [-0.4, -0.2) is 27.1 Å². The molecule has 1 aromatic heterocycles. The van der Waals surface area contributed by atoms with Crippen LogP contribution in [-0.2, 0) is 0 Å². The summed E-state index contributed by atoms with van der Waals surface area (Å²) in [7, 11) is 0. The predicted octanol–water partition coefficient (Wildman–Crippen LogP) is 2.38. The SMILES string of the molecule is O=C(O)c1nccnc1OC1C2CC3CC(C2)CC1C3. The molecule has 4 aliphatic carbocycles. The third kappa shape index (κ3) is 1.87. The topological polar surface area (TPSA) is 72.3 Å². The molecule has 0 saturated heterocycles. The molecule has 0 unspecified atom stereocenters. The van der Waals surface area contributed by atoms with E-state index in [0.717, 1.165) is 11.8 Å². The van der Waals surface area contributed by atoms with Gasteiger partial charge >= 0.3 is 5.97 Å². The molecule has 4 aliphatic rings. The third-order valence-electron chi connectivity index (χ3n) is 5.26. The summed E-state index contributed by atoms with van der Waals surface area (Å²) in [5.74, 6) is 2.02. The first-order valence-corrected chi connectivity index (χ1v) is 7.41. The maximum atomic E-state index is 11.2. The van der Waals surface area contributed by atoms with Crippen LogP contribution in [0.3, 0.4) is 0 Å². The second-order valence-corrected chi connectivity index (χ2v) is 6.53. The zero-order chi connectivity index (χ0) is 13.7. The Morgan fingerprint density at radius 2 is 1.65 bits per heavy atom. The van der Waals surface area contributed by atoms with Gasteiger partial charge in [-0.2, -0.15) is 0 Å². The normalized spacial score (nSPS) is 37.9. The first-order valence-electron chi connectivity index (χ1n) is 7.41. The van der Waals surface area contributed by atoms with Gasteiger partial charge < -0.3 is 9.84 Å². The summed E-state index contributed by atoms with van der Waals surface area (Å²) in [4.78, 5) is 19.1. The van der Waals surface area contributed by atoms with E-state index in [4.69, 9.17) is 9.84 Å². The fraction of sp³-hybridized carbons (Fsp3) is 0.667. The number of hydrogen-bond donors (Lipinski definition) is 1. The highest BCUT2D eigenvalue weighted by Gasteiger charge is 2.49. The van der Waals surface area contributed by atoms with Crippen LogP contribution in [0.15, 0.2) is 12.4 Å². The van der Waals surface area contributed by atoms with Crippen LogP contribution >= 0.6 is 0 Å². The summed E-state index contributed by atoms with van der Waals surface area (Å²) in [6, 6.07) is 0. The number of aromatic carboxylic acids is 1. The van der Waals surface area contributed by atoms with Crippen LogP contribution in [0.4, 0.5) is 0 Å².